The zero-order valence-corrected chi connectivity index (χ0v) is 11.0. The zero-order valence-electron chi connectivity index (χ0n) is 11.0. The average Bonchev–Trinajstić information content (AvgIpc) is 2.38. The molecular formula is C16H16O3. The molecule has 2 rings (SSSR count). The van der Waals surface area contributed by atoms with Crippen molar-refractivity contribution < 1.29 is 14.6 Å². The first-order chi connectivity index (χ1) is 9.08. The lowest BCUT2D eigenvalue weighted by Crippen LogP contribution is -2.05. The molecule has 0 bridgehead atoms. The van der Waals surface area contributed by atoms with E-state index in [0.29, 0.717) is 11.1 Å². The van der Waals surface area contributed by atoms with Crippen molar-refractivity contribution in [2.75, 3.05) is 0 Å². The van der Waals surface area contributed by atoms with Crippen molar-refractivity contribution in [3.63, 3.8) is 0 Å². The van der Waals surface area contributed by atoms with Crippen LogP contribution in [0, 0.1) is 0 Å². The molecule has 0 unspecified atom stereocenters. The topological polar surface area (TPSA) is 46.5 Å². The maximum Gasteiger partial charge on any atom is 0.336 e. The molecule has 1 N–H and O–H groups in total. The number of rotatable bonds is 4. The van der Waals surface area contributed by atoms with Gasteiger partial charge in [0.15, 0.2) is 0 Å². The van der Waals surface area contributed by atoms with E-state index < -0.39 is 5.97 Å². The Kier molecular flexibility index (Phi) is 3.85. The largest absolute Gasteiger partial charge is 0.491 e. The van der Waals surface area contributed by atoms with Gasteiger partial charge in [0.2, 0.25) is 0 Å². The molecule has 3 heteroatoms. The molecule has 0 heterocycles. The lowest BCUT2D eigenvalue weighted by Gasteiger charge is -2.12. The molecule has 0 aliphatic carbocycles. The van der Waals surface area contributed by atoms with E-state index in [1.165, 1.54) is 0 Å². The highest BCUT2D eigenvalue weighted by Crippen LogP contribution is 2.27. The molecule has 0 fully saturated rings. The van der Waals surface area contributed by atoms with Crippen LogP contribution in [-0.2, 0) is 0 Å². The molecule has 3 nitrogen and oxygen atoms in total. The highest BCUT2D eigenvalue weighted by Gasteiger charge is 2.11. The van der Waals surface area contributed by atoms with E-state index in [0.717, 1.165) is 11.3 Å². The Labute approximate surface area is 112 Å². The molecule has 19 heavy (non-hydrogen) atoms. The quantitative estimate of drug-likeness (QED) is 0.904. The third-order valence-electron chi connectivity index (χ3n) is 2.67. The van der Waals surface area contributed by atoms with Crippen LogP contribution in [0.1, 0.15) is 24.2 Å². The van der Waals surface area contributed by atoms with Crippen LogP contribution in [0.2, 0.25) is 0 Å². The van der Waals surface area contributed by atoms with Gasteiger partial charge in [0.05, 0.1) is 11.7 Å². The average molecular weight is 256 g/mol. The fourth-order valence-corrected chi connectivity index (χ4v) is 1.93. The first kappa shape index (κ1) is 13.1. The summed E-state index contributed by atoms with van der Waals surface area (Å²) >= 11 is 0. The molecule has 0 aliphatic rings. The number of carboxylic acids is 1. The van der Waals surface area contributed by atoms with Gasteiger partial charge in [-0.15, -0.1) is 0 Å². The number of benzene rings is 2. The molecule has 0 spiro atoms. The van der Waals surface area contributed by atoms with Gasteiger partial charge in [0, 0.05) is 0 Å². The van der Waals surface area contributed by atoms with Gasteiger partial charge < -0.3 is 9.84 Å². The Bertz CT molecular complexity index is 588. The van der Waals surface area contributed by atoms with Gasteiger partial charge in [0.25, 0.3) is 0 Å². The second-order valence-electron chi connectivity index (χ2n) is 4.55. The predicted octanol–water partition coefficient (Wildman–Crippen LogP) is 3.84. The fraction of sp³-hybridized carbons (Fsp3) is 0.188. The summed E-state index contributed by atoms with van der Waals surface area (Å²) in [5, 5.41) is 9.21. The second kappa shape index (κ2) is 5.57. The molecule has 0 aliphatic heterocycles. The van der Waals surface area contributed by atoms with E-state index >= 15 is 0 Å². The van der Waals surface area contributed by atoms with Gasteiger partial charge in [-0.3, -0.25) is 0 Å². The number of ether oxygens (including phenoxy) is 1. The normalized spacial score (nSPS) is 10.5. The van der Waals surface area contributed by atoms with E-state index in [9.17, 15) is 9.90 Å². The third-order valence-corrected chi connectivity index (χ3v) is 2.67. The molecular weight excluding hydrogens is 240 g/mol. The van der Waals surface area contributed by atoms with Gasteiger partial charge in [-0.05, 0) is 43.2 Å². The lowest BCUT2D eigenvalue weighted by molar-refractivity contribution is 0.0697. The van der Waals surface area contributed by atoms with Crippen molar-refractivity contribution in [3.8, 4) is 16.9 Å². The van der Waals surface area contributed by atoms with Crippen molar-refractivity contribution in [3.05, 3.63) is 54.1 Å². The van der Waals surface area contributed by atoms with Crippen LogP contribution < -0.4 is 4.74 Å². The highest BCUT2D eigenvalue weighted by molar-refractivity contribution is 5.96. The molecule has 0 saturated heterocycles. The predicted molar refractivity (Wildman–Crippen MR) is 74.6 cm³/mol. The van der Waals surface area contributed by atoms with E-state index in [4.69, 9.17) is 4.74 Å². The lowest BCUT2D eigenvalue weighted by atomic mass is 9.99. The molecule has 0 saturated carbocycles. The summed E-state index contributed by atoms with van der Waals surface area (Å²) < 4.78 is 5.63. The van der Waals surface area contributed by atoms with E-state index in [2.05, 4.69) is 0 Å². The number of carboxylic acid groups (broad SMARTS) is 1. The van der Waals surface area contributed by atoms with Crippen molar-refractivity contribution >= 4 is 5.97 Å². The van der Waals surface area contributed by atoms with Crippen LogP contribution in [0.15, 0.2) is 48.5 Å². The van der Waals surface area contributed by atoms with Crippen molar-refractivity contribution in [1.82, 2.24) is 0 Å². The smallest absolute Gasteiger partial charge is 0.336 e. The van der Waals surface area contributed by atoms with Gasteiger partial charge in [-0.2, -0.15) is 0 Å². The first-order valence-corrected chi connectivity index (χ1v) is 6.17. The maximum absolute atomic E-state index is 11.2. The van der Waals surface area contributed by atoms with Gasteiger partial charge in [-0.1, -0.05) is 30.3 Å². The van der Waals surface area contributed by atoms with Crippen LogP contribution in [0.3, 0.4) is 0 Å². The van der Waals surface area contributed by atoms with Crippen molar-refractivity contribution in [2.24, 2.45) is 0 Å². The zero-order chi connectivity index (χ0) is 13.8. The second-order valence-corrected chi connectivity index (χ2v) is 4.55. The Morgan fingerprint density at radius 3 is 2.53 bits per heavy atom. The highest BCUT2D eigenvalue weighted by atomic mass is 16.5. The molecule has 0 radical (unpaired) electrons. The molecule has 0 atom stereocenters. The molecule has 98 valence electrons. The van der Waals surface area contributed by atoms with Crippen LogP contribution in [0.5, 0.6) is 5.75 Å². The first-order valence-electron chi connectivity index (χ1n) is 6.17. The third kappa shape index (κ3) is 3.13. The van der Waals surface area contributed by atoms with Gasteiger partial charge >= 0.3 is 5.97 Å². The van der Waals surface area contributed by atoms with Crippen molar-refractivity contribution in [1.29, 1.82) is 0 Å². The van der Waals surface area contributed by atoms with Crippen LogP contribution in [-0.4, -0.2) is 17.2 Å². The summed E-state index contributed by atoms with van der Waals surface area (Å²) in [7, 11) is 0. The SMILES string of the molecule is CC(C)Oc1cccc(-c2ccccc2C(=O)O)c1. The summed E-state index contributed by atoms with van der Waals surface area (Å²) in [6.07, 6.45) is 0.0879. The fourth-order valence-electron chi connectivity index (χ4n) is 1.93. The summed E-state index contributed by atoms with van der Waals surface area (Å²) in [5.41, 5.74) is 1.84. The number of hydrogen-bond acceptors (Lipinski definition) is 2. The minimum Gasteiger partial charge on any atom is -0.491 e. The van der Waals surface area contributed by atoms with Crippen LogP contribution in [0.4, 0.5) is 0 Å². The van der Waals surface area contributed by atoms with E-state index in [-0.39, 0.29) is 6.10 Å². The molecule has 2 aromatic carbocycles. The van der Waals surface area contributed by atoms with Crippen LogP contribution >= 0.6 is 0 Å². The molecule has 2 aromatic rings. The Hall–Kier alpha value is -2.29. The van der Waals surface area contributed by atoms with Gasteiger partial charge in [0.1, 0.15) is 5.75 Å². The Morgan fingerprint density at radius 1 is 1.11 bits per heavy atom. The summed E-state index contributed by atoms with van der Waals surface area (Å²) in [6.45, 7) is 3.91. The minimum atomic E-state index is -0.925. The van der Waals surface area contributed by atoms with Crippen molar-refractivity contribution in [2.45, 2.75) is 20.0 Å². The summed E-state index contributed by atoms with van der Waals surface area (Å²) in [6, 6.07) is 14.4. The van der Waals surface area contributed by atoms with Gasteiger partial charge in [-0.25, -0.2) is 4.79 Å². The van der Waals surface area contributed by atoms with E-state index in [1.807, 2.05) is 44.2 Å². The van der Waals surface area contributed by atoms with Crippen LogP contribution in [0.25, 0.3) is 11.1 Å². The monoisotopic (exact) mass is 256 g/mol. The minimum absolute atomic E-state index is 0.0879. The number of aromatic carboxylic acids is 1. The summed E-state index contributed by atoms with van der Waals surface area (Å²) in [4.78, 5) is 11.2. The van der Waals surface area contributed by atoms with E-state index in [1.54, 1.807) is 18.2 Å². The maximum atomic E-state index is 11.2. The number of carbonyl (C=O) groups is 1. The molecule has 0 aromatic heterocycles. The Morgan fingerprint density at radius 2 is 1.84 bits per heavy atom. The standard InChI is InChI=1S/C16H16O3/c1-11(2)19-13-7-5-6-12(10-13)14-8-3-4-9-15(14)16(17)18/h3-11H,1-2H3,(H,17,18). The molecule has 0 amide bonds. The summed E-state index contributed by atoms with van der Waals surface area (Å²) in [5.74, 6) is -0.182. The number of hydrogen-bond donors (Lipinski definition) is 1. The Balaban J connectivity index is 2.44.